The van der Waals surface area contributed by atoms with Crippen molar-refractivity contribution in [3.63, 3.8) is 0 Å². The molecule has 3 aliphatic rings. The summed E-state index contributed by atoms with van der Waals surface area (Å²) in [6.45, 7) is 3.48. The summed E-state index contributed by atoms with van der Waals surface area (Å²) in [6.07, 6.45) is 4.43. The molecule has 2 aromatic rings. The molecule has 5 rings (SSSR count). The van der Waals surface area contributed by atoms with E-state index in [0.717, 1.165) is 17.5 Å². The molecule has 0 aromatic carbocycles. The topological polar surface area (TPSA) is 41.5 Å². The summed E-state index contributed by atoms with van der Waals surface area (Å²) in [7, 11) is 0. The van der Waals surface area contributed by atoms with E-state index in [0.29, 0.717) is 22.5 Å². The first-order chi connectivity index (χ1) is 8.72. The Morgan fingerprint density at radius 2 is 2.11 bits per heavy atom. The molecule has 0 saturated carbocycles. The Bertz CT molecular complexity index is 595. The van der Waals surface area contributed by atoms with Crippen LogP contribution in [0.5, 0.6) is 5.88 Å². The van der Waals surface area contributed by atoms with Crippen LogP contribution in [0.3, 0.4) is 0 Å². The lowest BCUT2D eigenvalue weighted by atomic mass is 9.84. The number of furan rings is 1. The quantitative estimate of drug-likeness (QED) is 0.880. The first kappa shape index (κ1) is 10.9. The van der Waals surface area contributed by atoms with Crippen LogP contribution in [0.2, 0.25) is 0 Å². The molecule has 3 aliphatic heterocycles. The molecule has 96 valence electrons. The molecule has 1 N–H and O–H groups in total. The van der Waals surface area contributed by atoms with Gasteiger partial charge in [-0.15, -0.1) is 0 Å². The number of hydrogen-bond donors (Lipinski definition) is 1. The molecule has 0 spiro atoms. The van der Waals surface area contributed by atoms with Crippen LogP contribution in [0.15, 0.2) is 21.3 Å². The molecule has 0 radical (unpaired) electrons. The maximum atomic E-state index is 10.3. The molecule has 3 fully saturated rings. The van der Waals surface area contributed by atoms with E-state index in [9.17, 15) is 5.11 Å². The van der Waals surface area contributed by atoms with E-state index in [-0.39, 0.29) is 0 Å². The molecule has 18 heavy (non-hydrogen) atoms. The van der Waals surface area contributed by atoms with Crippen molar-refractivity contribution < 1.29 is 9.52 Å². The van der Waals surface area contributed by atoms with Gasteiger partial charge in [0, 0.05) is 12.6 Å². The predicted octanol–water partition coefficient (Wildman–Crippen LogP) is 2.97. The molecule has 0 unspecified atom stereocenters. The smallest absolute Gasteiger partial charge is 0.202 e. The van der Waals surface area contributed by atoms with Gasteiger partial charge in [-0.05, 0) is 47.8 Å². The molecule has 2 bridgehead atoms. The summed E-state index contributed by atoms with van der Waals surface area (Å²) < 4.78 is 8.20. The van der Waals surface area contributed by atoms with Crippen LogP contribution in [0, 0.1) is 5.92 Å². The van der Waals surface area contributed by atoms with Crippen molar-refractivity contribution in [1.82, 2.24) is 9.47 Å². The van der Waals surface area contributed by atoms with Gasteiger partial charge >= 0.3 is 0 Å². The zero-order chi connectivity index (χ0) is 12.3. The van der Waals surface area contributed by atoms with Crippen molar-refractivity contribution in [3.05, 3.63) is 16.9 Å². The van der Waals surface area contributed by atoms with E-state index in [2.05, 4.69) is 20.8 Å². The molecule has 4 nitrogen and oxygen atoms in total. The maximum absolute atomic E-state index is 10.3. The third-order valence-corrected chi connectivity index (χ3v) is 4.84. The molecule has 1 atom stereocenters. The van der Waals surface area contributed by atoms with E-state index >= 15 is 0 Å². The van der Waals surface area contributed by atoms with Crippen LogP contribution >= 0.6 is 15.9 Å². The Balaban J connectivity index is 1.78. The first-order valence-electron chi connectivity index (χ1n) is 6.43. The molecule has 0 aliphatic carbocycles. The van der Waals surface area contributed by atoms with Crippen molar-refractivity contribution >= 4 is 26.9 Å². The average molecular weight is 311 g/mol. The highest BCUT2D eigenvalue weighted by molar-refractivity contribution is 9.10. The SMILES string of the molecule is Oc1c2cc(Br)oc2cn1[C@H]1CN2CCC1CC2. The van der Waals surface area contributed by atoms with Gasteiger partial charge in [-0.2, -0.15) is 0 Å². The number of piperidine rings is 3. The van der Waals surface area contributed by atoms with Gasteiger partial charge in [0.05, 0.1) is 17.6 Å². The summed E-state index contributed by atoms with van der Waals surface area (Å²) in [6, 6.07) is 2.23. The monoisotopic (exact) mass is 310 g/mol. The van der Waals surface area contributed by atoms with Gasteiger partial charge in [0.2, 0.25) is 5.88 Å². The number of aromatic hydroxyl groups is 1. The minimum atomic E-state index is 0.346. The number of nitrogens with zero attached hydrogens (tertiary/aromatic N) is 2. The largest absolute Gasteiger partial charge is 0.494 e. The van der Waals surface area contributed by atoms with Crippen LogP contribution in [0.1, 0.15) is 18.9 Å². The normalized spacial score (nSPS) is 31.3. The summed E-state index contributed by atoms with van der Waals surface area (Å²) in [4.78, 5) is 2.49. The van der Waals surface area contributed by atoms with E-state index < -0.39 is 0 Å². The second kappa shape index (κ2) is 3.78. The summed E-state index contributed by atoms with van der Waals surface area (Å²) >= 11 is 3.30. The maximum Gasteiger partial charge on any atom is 0.202 e. The van der Waals surface area contributed by atoms with Crippen molar-refractivity contribution in [2.45, 2.75) is 18.9 Å². The highest BCUT2D eigenvalue weighted by Gasteiger charge is 2.36. The standard InChI is InChI=1S/C13H15BrN2O2/c14-12-5-9-11(18-12)7-16(13(9)17)10-6-15-3-1-8(10)2-4-15/h5,7-8,10,17H,1-4,6H2/t10-/m0/s1. The summed E-state index contributed by atoms with van der Waals surface area (Å²) in [5.41, 5.74) is 0.760. The number of hydrogen-bond acceptors (Lipinski definition) is 3. The molecular weight excluding hydrogens is 296 g/mol. The number of rotatable bonds is 1. The zero-order valence-corrected chi connectivity index (χ0v) is 11.6. The van der Waals surface area contributed by atoms with Gasteiger partial charge in [0.25, 0.3) is 0 Å². The van der Waals surface area contributed by atoms with Gasteiger partial charge in [0.15, 0.2) is 10.3 Å². The second-order valence-electron chi connectivity index (χ2n) is 5.39. The highest BCUT2D eigenvalue weighted by atomic mass is 79.9. The van der Waals surface area contributed by atoms with Crippen molar-refractivity contribution in [3.8, 4) is 5.88 Å². The number of fused-ring (bicyclic) bond motifs is 4. The molecule has 2 aromatic heterocycles. The fourth-order valence-corrected chi connectivity index (χ4v) is 3.88. The molecular formula is C13H15BrN2O2. The van der Waals surface area contributed by atoms with Gasteiger partial charge in [0.1, 0.15) is 0 Å². The summed E-state index contributed by atoms with van der Waals surface area (Å²) in [5, 5.41) is 11.2. The van der Waals surface area contributed by atoms with E-state index in [1.165, 1.54) is 25.9 Å². The first-order valence-corrected chi connectivity index (χ1v) is 7.23. The van der Waals surface area contributed by atoms with Gasteiger partial charge < -0.3 is 19.0 Å². The Morgan fingerprint density at radius 3 is 2.72 bits per heavy atom. The van der Waals surface area contributed by atoms with Gasteiger partial charge in [-0.3, -0.25) is 0 Å². The number of aromatic nitrogens is 1. The van der Waals surface area contributed by atoms with E-state index in [1.54, 1.807) is 0 Å². The Hall–Kier alpha value is -0.940. The Kier molecular flexibility index (Phi) is 2.29. The van der Waals surface area contributed by atoms with Crippen LogP contribution in [-0.4, -0.2) is 34.2 Å². The Morgan fingerprint density at radius 1 is 1.33 bits per heavy atom. The molecule has 5 heterocycles. The van der Waals surface area contributed by atoms with Crippen molar-refractivity contribution in [2.24, 2.45) is 5.92 Å². The van der Waals surface area contributed by atoms with E-state index in [1.807, 2.05) is 16.8 Å². The van der Waals surface area contributed by atoms with E-state index in [4.69, 9.17) is 4.42 Å². The second-order valence-corrected chi connectivity index (χ2v) is 6.18. The van der Waals surface area contributed by atoms with Crippen molar-refractivity contribution in [1.29, 1.82) is 0 Å². The average Bonchev–Trinajstić information content (AvgIpc) is 2.89. The van der Waals surface area contributed by atoms with Gasteiger partial charge in [-0.25, -0.2) is 0 Å². The zero-order valence-electron chi connectivity index (χ0n) is 9.97. The molecule has 0 amide bonds. The predicted molar refractivity (Wildman–Crippen MR) is 71.8 cm³/mol. The van der Waals surface area contributed by atoms with Crippen LogP contribution in [-0.2, 0) is 0 Å². The minimum Gasteiger partial charge on any atom is -0.494 e. The fraction of sp³-hybridized carbons (Fsp3) is 0.538. The molecule has 5 heteroatoms. The Labute approximate surface area is 113 Å². The lowest BCUT2D eigenvalue weighted by Crippen LogP contribution is -2.47. The third kappa shape index (κ3) is 1.47. The third-order valence-electron chi connectivity index (χ3n) is 4.45. The van der Waals surface area contributed by atoms with Crippen molar-refractivity contribution in [2.75, 3.05) is 19.6 Å². The fourth-order valence-electron chi connectivity index (χ4n) is 3.47. The minimum absolute atomic E-state index is 0.346. The summed E-state index contributed by atoms with van der Waals surface area (Å²) in [5.74, 6) is 1.04. The number of halogens is 1. The van der Waals surface area contributed by atoms with Crippen LogP contribution in [0.25, 0.3) is 11.0 Å². The highest BCUT2D eigenvalue weighted by Crippen LogP contribution is 2.41. The van der Waals surface area contributed by atoms with Crippen LogP contribution < -0.4 is 0 Å². The van der Waals surface area contributed by atoms with Crippen LogP contribution in [0.4, 0.5) is 0 Å². The molecule has 3 saturated heterocycles. The van der Waals surface area contributed by atoms with Gasteiger partial charge in [-0.1, -0.05) is 0 Å². The lowest BCUT2D eigenvalue weighted by Gasteiger charge is -2.45. The lowest BCUT2D eigenvalue weighted by molar-refractivity contribution is 0.0540.